The van der Waals surface area contributed by atoms with E-state index in [1.165, 1.54) is 0 Å². The Balaban J connectivity index is 2.20. The number of anilines is 1. The summed E-state index contributed by atoms with van der Waals surface area (Å²) >= 11 is 6.18. The highest BCUT2D eigenvalue weighted by molar-refractivity contribution is 6.33. The van der Waals surface area contributed by atoms with E-state index in [0.717, 1.165) is 36.6 Å². The molecule has 0 bridgehead atoms. The number of rotatable bonds is 1. The van der Waals surface area contributed by atoms with Crippen molar-refractivity contribution >= 4 is 17.5 Å². The van der Waals surface area contributed by atoms with Gasteiger partial charge in [0.15, 0.2) is 0 Å². The van der Waals surface area contributed by atoms with Crippen LogP contribution in [-0.2, 0) is 6.54 Å². The zero-order valence-corrected chi connectivity index (χ0v) is 10.5. The van der Waals surface area contributed by atoms with E-state index in [4.69, 9.17) is 17.0 Å². The van der Waals surface area contributed by atoms with Crippen molar-refractivity contribution in [2.24, 2.45) is 0 Å². The van der Waals surface area contributed by atoms with Gasteiger partial charge in [0.1, 0.15) is 5.49 Å². The smallest absolute Gasteiger partial charge is 0.204 e. The first-order chi connectivity index (χ1) is 8.77. The summed E-state index contributed by atoms with van der Waals surface area (Å²) in [6.07, 6.45) is 2.73. The Kier molecular flexibility index (Phi) is 2.80. The van der Waals surface area contributed by atoms with E-state index in [1.54, 1.807) is 6.20 Å². The summed E-state index contributed by atoms with van der Waals surface area (Å²) in [7, 11) is 0. The Morgan fingerprint density at radius 1 is 1.28 bits per heavy atom. The van der Waals surface area contributed by atoms with Gasteiger partial charge in [-0.25, -0.2) is 4.98 Å². The van der Waals surface area contributed by atoms with Gasteiger partial charge in [0.05, 0.1) is 0 Å². The Bertz CT molecular complexity index is 648. The molecule has 1 aromatic carbocycles. The SMILES string of the molecule is N=c1c(-c2ccccc2Cl)cnc2n1CCCN2. The van der Waals surface area contributed by atoms with Gasteiger partial charge in [0, 0.05) is 35.4 Å². The standard InChI is InChI=1S/C13H13ClN4/c14-11-5-2-1-4-9(11)10-8-17-13-16-6-3-7-18(13)12(10)15/h1-2,4-5,8,15H,3,6-7H2,(H,16,17). The quantitative estimate of drug-likeness (QED) is 0.828. The van der Waals surface area contributed by atoms with Gasteiger partial charge in [-0.15, -0.1) is 0 Å². The van der Waals surface area contributed by atoms with Crippen LogP contribution in [0.25, 0.3) is 11.1 Å². The van der Waals surface area contributed by atoms with Crippen molar-refractivity contribution in [3.8, 4) is 11.1 Å². The maximum atomic E-state index is 8.28. The van der Waals surface area contributed by atoms with Crippen molar-refractivity contribution in [2.75, 3.05) is 11.9 Å². The fraction of sp³-hybridized carbons (Fsp3) is 0.231. The number of nitrogens with zero attached hydrogens (tertiary/aromatic N) is 2. The number of nitrogens with one attached hydrogen (secondary N) is 2. The molecule has 3 rings (SSSR count). The van der Waals surface area contributed by atoms with E-state index in [-0.39, 0.29) is 0 Å². The lowest BCUT2D eigenvalue weighted by atomic mass is 10.1. The Morgan fingerprint density at radius 2 is 2.11 bits per heavy atom. The molecular weight excluding hydrogens is 248 g/mol. The fourth-order valence-electron chi connectivity index (χ4n) is 2.18. The molecule has 0 aliphatic carbocycles. The van der Waals surface area contributed by atoms with Crippen molar-refractivity contribution in [3.05, 3.63) is 41.0 Å². The molecule has 0 fully saturated rings. The topological polar surface area (TPSA) is 53.7 Å². The number of hydrogen-bond donors (Lipinski definition) is 2. The van der Waals surface area contributed by atoms with Crippen molar-refractivity contribution in [1.82, 2.24) is 9.55 Å². The molecule has 1 aromatic heterocycles. The number of hydrogen-bond acceptors (Lipinski definition) is 3. The molecule has 4 nitrogen and oxygen atoms in total. The van der Waals surface area contributed by atoms with Crippen LogP contribution >= 0.6 is 11.6 Å². The lowest BCUT2D eigenvalue weighted by Crippen LogP contribution is -2.31. The van der Waals surface area contributed by atoms with E-state index in [2.05, 4.69) is 10.3 Å². The van der Waals surface area contributed by atoms with E-state index in [9.17, 15) is 0 Å². The number of benzene rings is 1. The van der Waals surface area contributed by atoms with Crippen molar-refractivity contribution in [2.45, 2.75) is 13.0 Å². The first kappa shape index (κ1) is 11.3. The summed E-state index contributed by atoms with van der Waals surface area (Å²) in [5.74, 6) is 0.766. The van der Waals surface area contributed by atoms with Gasteiger partial charge in [0.2, 0.25) is 5.95 Å². The molecule has 1 aliphatic heterocycles. The second kappa shape index (κ2) is 4.46. The van der Waals surface area contributed by atoms with Crippen LogP contribution in [0.3, 0.4) is 0 Å². The van der Waals surface area contributed by atoms with Crippen LogP contribution in [0.4, 0.5) is 5.95 Å². The molecule has 0 saturated carbocycles. The molecule has 2 N–H and O–H groups in total. The Hall–Kier alpha value is -1.81. The minimum atomic E-state index is 0.459. The predicted octanol–water partition coefficient (Wildman–Crippen LogP) is 2.50. The van der Waals surface area contributed by atoms with Crippen molar-refractivity contribution < 1.29 is 0 Å². The minimum Gasteiger partial charge on any atom is -0.356 e. The normalized spacial score (nSPS) is 13.8. The van der Waals surface area contributed by atoms with E-state index >= 15 is 0 Å². The van der Waals surface area contributed by atoms with E-state index in [1.807, 2.05) is 28.8 Å². The monoisotopic (exact) mass is 260 g/mol. The van der Waals surface area contributed by atoms with Crippen LogP contribution < -0.4 is 10.8 Å². The van der Waals surface area contributed by atoms with Gasteiger partial charge in [0.25, 0.3) is 0 Å². The van der Waals surface area contributed by atoms with Crippen molar-refractivity contribution in [3.63, 3.8) is 0 Å². The third-order valence-corrected chi connectivity index (χ3v) is 3.43. The van der Waals surface area contributed by atoms with Crippen LogP contribution in [0.15, 0.2) is 30.5 Å². The second-order valence-corrected chi connectivity index (χ2v) is 4.66. The van der Waals surface area contributed by atoms with Gasteiger partial charge in [-0.3, -0.25) is 9.98 Å². The predicted molar refractivity (Wildman–Crippen MR) is 71.6 cm³/mol. The third-order valence-electron chi connectivity index (χ3n) is 3.10. The van der Waals surface area contributed by atoms with Gasteiger partial charge < -0.3 is 5.32 Å². The van der Waals surface area contributed by atoms with Gasteiger partial charge >= 0.3 is 0 Å². The first-order valence-corrected chi connectivity index (χ1v) is 6.28. The zero-order chi connectivity index (χ0) is 12.5. The minimum absolute atomic E-state index is 0.459. The highest BCUT2D eigenvalue weighted by Gasteiger charge is 2.13. The lowest BCUT2D eigenvalue weighted by molar-refractivity contribution is 0.585. The van der Waals surface area contributed by atoms with Crippen LogP contribution in [0, 0.1) is 5.41 Å². The molecule has 0 radical (unpaired) electrons. The maximum absolute atomic E-state index is 8.28. The molecule has 0 spiro atoms. The summed E-state index contributed by atoms with van der Waals surface area (Å²) in [6, 6.07) is 7.55. The zero-order valence-electron chi connectivity index (χ0n) is 9.78. The van der Waals surface area contributed by atoms with Gasteiger partial charge in [-0.2, -0.15) is 0 Å². The summed E-state index contributed by atoms with van der Waals surface area (Å²) in [4.78, 5) is 4.37. The molecule has 1 aliphatic rings. The Morgan fingerprint density at radius 3 is 2.94 bits per heavy atom. The van der Waals surface area contributed by atoms with Crippen LogP contribution in [0.2, 0.25) is 5.02 Å². The van der Waals surface area contributed by atoms with Gasteiger partial charge in [-0.1, -0.05) is 29.8 Å². The molecule has 0 saturated heterocycles. The first-order valence-electron chi connectivity index (χ1n) is 5.90. The third kappa shape index (κ3) is 1.78. The molecule has 2 aromatic rings. The lowest BCUT2D eigenvalue weighted by Gasteiger charge is -2.20. The molecule has 0 unspecified atom stereocenters. The van der Waals surface area contributed by atoms with Crippen LogP contribution in [-0.4, -0.2) is 16.1 Å². The molecule has 0 amide bonds. The highest BCUT2D eigenvalue weighted by atomic mass is 35.5. The molecule has 5 heteroatoms. The average Bonchev–Trinajstić information content (AvgIpc) is 2.41. The molecule has 2 heterocycles. The second-order valence-electron chi connectivity index (χ2n) is 4.26. The van der Waals surface area contributed by atoms with Crippen LogP contribution in [0.1, 0.15) is 6.42 Å². The maximum Gasteiger partial charge on any atom is 0.204 e. The largest absolute Gasteiger partial charge is 0.356 e. The fourth-order valence-corrected chi connectivity index (χ4v) is 2.42. The molecular formula is C13H13ClN4. The van der Waals surface area contributed by atoms with E-state index < -0.39 is 0 Å². The van der Waals surface area contributed by atoms with Gasteiger partial charge in [-0.05, 0) is 12.5 Å². The highest BCUT2D eigenvalue weighted by Crippen LogP contribution is 2.25. The average molecular weight is 261 g/mol. The molecule has 0 atom stereocenters. The van der Waals surface area contributed by atoms with Crippen molar-refractivity contribution in [1.29, 1.82) is 5.41 Å². The molecule has 92 valence electrons. The number of aromatic nitrogens is 2. The van der Waals surface area contributed by atoms with Crippen LogP contribution in [0.5, 0.6) is 0 Å². The number of halogens is 1. The Labute approximate surface area is 110 Å². The summed E-state index contributed by atoms with van der Waals surface area (Å²) in [5, 5.41) is 12.1. The number of fused-ring (bicyclic) bond motifs is 1. The summed E-state index contributed by atoms with van der Waals surface area (Å²) in [6.45, 7) is 1.74. The molecule has 18 heavy (non-hydrogen) atoms. The van der Waals surface area contributed by atoms with E-state index in [0.29, 0.717) is 10.5 Å². The summed E-state index contributed by atoms with van der Waals surface area (Å²) in [5.41, 5.74) is 2.09. The summed E-state index contributed by atoms with van der Waals surface area (Å²) < 4.78 is 1.89.